The van der Waals surface area contributed by atoms with Crippen LogP contribution in [0.25, 0.3) is 16.7 Å². The fourth-order valence-electron chi connectivity index (χ4n) is 9.05. The van der Waals surface area contributed by atoms with E-state index in [1.807, 2.05) is 12.1 Å². The predicted octanol–water partition coefficient (Wildman–Crippen LogP) is 8.49. The zero-order valence-corrected chi connectivity index (χ0v) is 26.3. The van der Waals surface area contributed by atoms with E-state index in [9.17, 15) is 9.18 Å². The third-order valence-corrected chi connectivity index (χ3v) is 11.3. The lowest BCUT2D eigenvalue weighted by Gasteiger charge is -2.62. The Morgan fingerprint density at radius 2 is 1.78 bits per heavy atom. The summed E-state index contributed by atoms with van der Waals surface area (Å²) in [5, 5.41) is 0. The van der Waals surface area contributed by atoms with Gasteiger partial charge in [-0.25, -0.2) is 4.39 Å². The van der Waals surface area contributed by atoms with Crippen LogP contribution in [-0.2, 0) is 11.2 Å². The van der Waals surface area contributed by atoms with Gasteiger partial charge in [0, 0.05) is 30.8 Å². The SMILES string of the molecule is C=C1C2=C(C)[C@]3(C)C(=C)C(C(N)=O)=C(C)[C@@H](CC)[C@]3(C)C[C@@H]2Cc2c(N(C)C)cc(-c3ccc(C)c(F)c3)c(C)c21. The highest BCUT2D eigenvalue weighted by molar-refractivity contribution is 5.99. The van der Waals surface area contributed by atoms with Crippen LogP contribution in [0.5, 0.6) is 0 Å². The quantitative estimate of drug-likeness (QED) is 0.413. The number of rotatable bonds is 4. The Balaban J connectivity index is 1.78. The third kappa shape index (κ3) is 3.78. The summed E-state index contributed by atoms with van der Waals surface area (Å²) in [6.45, 7) is 24.5. The smallest absolute Gasteiger partial charge is 0.248 e. The first-order chi connectivity index (χ1) is 19.1. The van der Waals surface area contributed by atoms with Crippen LogP contribution in [0.3, 0.4) is 0 Å². The molecule has 2 aromatic carbocycles. The van der Waals surface area contributed by atoms with Crippen molar-refractivity contribution in [3.63, 3.8) is 0 Å². The molecular weight excluding hydrogens is 507 g/mol. The van der Waals surface area contributed by atoms with E-state index in [0.717, 1.165) is 58.4 Å². The van der Waals surface area contributed by atoms with Gasteiger partial charge in [0.05, 0.1) is 0 Å². The van der Waals surface area contributed by atoms with Gasteiger partial charge in [0.25, 0.3) is 0 Å². The zero-order valence-electron chi connectivity index (χ0n) is 26.3. The Morgan fingerprint density at radius 3 is 2.34 bits per heavy atom. The number of anilines is 1. The molecule has 5 rings (SSSR count). The van der Waals surface area contributed by atoms with E-state index in [-0.39, 0.29) is 23.1 Å². The highest BCUT2D eigenvalue weighted by atomic mass is 19.1. The fraction of sp³-hybridized carbons (Fsp3) is 0.432. The first-order valence-corrected chi connectivity index (χ1v) is 14.8. The fourth-order valence-corrected chi connectivity index (χ4v) is 9.05. The average molecular weight is 553 g/mol. The maximum atomic E-state index is 14.7. The first kappa shape index (κ1) is 29.1. The van der Waals surface area contributed by atoms with Crippen LogP contribution in [0, 0.1) is 42.3 Å². The van der Waals surface area contributed by atoms with E-state index >= 15 is 0 Å². The minimum atomic E-state index is -0.431. The largest absolute Gasteiger partial charge is 0.377 e. The van der Waals surface area contributed by atoms with Crippen LogP contribution in [-0.4, -0.2) is 20.0 Å². The van der Waals surface area contributed by atoms with Crippen molar-refractivity contribution in [2.24, 2.45) is 28.4 Å². The van der Waals surface area contributed by atoms with Gasteiger partial charge in [-0.2, -0.15) is 0 Å². The van der Waals surface area contributed by atoms with Crippen molar-refractivity contribution in [3.8, 4) is 11.1 Å². The number of carbonyl (C=O) groups is 1. The zero-order chi connectivity index (χ0) is 30.3. The number of halogens is 1. The monoisotopic (exact) mass is 552 g/mol. The summed E-state index contributed by atoms with van der Waals surface area (Å²) in [6.07, 6.45) is 2.83. The number of hydrogen-bond donors (Lipinski definition) is 1. The number of carbonyl (C=O) groups excluding carboxylic acids is 1. The number of fused-ring (bicyclic) bond motifs is 3. The summed E-state index contributed by atoms with van der Waals surface area (Å²) in [7, 11) is 4.17. The van der Waals surface area contributed by atoms with E-state index in [1.165, 1.54) is 22.3 Å². The van der Waals surface area contributed by atoms with Gasteiger partial charge in [0.1, 0.15) is 5.82 Å². The molecule has 0 unspecified atom stereocenters. The lowest BCUT2D eigenvalue weighted by molar-refractivity contribution is -0.115. The lowest BCUT2D eigenvalue weighted by Crippen LogP contribution is -2.54. The van der Waals surface area contributed by atoms with Gasteiger partial charge in [0.2, 0.25) is 5.91 Å². The number of nitrogens with two attached hydrogens (primary N) is 1. The second-order valence-electron chi connectivity index (χ2n) is 13.3. The molecule has 2 N–H and O–H groups in total. The van der Waals surface area contributed by atoms with Crippen molar-refractivity contribution in [2.75, 3.05) is 19.0 Å². The molecule has 0 aliphatic heterocycles. The Kier molecular flexibility index (Phi) is 6.80. The van der Waals surface area contributed by atoms with Gasteiger partial charge in [-0.1, -0.05) is 57.2 Å². The van der Waals surface area contributed by atoms with Crippen LogP contribution in [0.2, 0.25) is 0 Å². The second kappa shape index (κ2) is 9.58. The van der Waals surface area contributed by atoms with Crippen LogP contribution in [0.4, 0.5) is 10.1 Å². The van der Waals surface area contributed by atoms with Crippen molar-refractivity contribution >= 4 is 17.2 Å². The minimum absolute atomic E-state index is 0.120. The molecule has 0 aromatic heterocycles. The molecule has 3 nitrogen and oxygen atoms in total. The standard InChI is InChI=1S/C37H45FN2O/c1-12-29-21(4)34(35(39)41)24(7)37(9)23(6)33-22(5)32-20(3)27(25-14-13-19(2)30(38)16-25)17-31(40(10)11)28(32)15-26(33)18-36(29,37)8/h13-14,16-17,26,29H,5,7,12,15,18H2,1-4,6,8-11H3,(H2,39,41)/t26-,29+,36-,37+/m0/s1. The van der Waals surface area contributed by atoms with Crippen molar-refractivity contribution in [2.45, 2.75) is 67.7 Å². The molecule has 0 saturated carbocycles. The number of primary amides is 1. The average Bonchev–Trinajstić information content (AvgIpc) is 2.88. The second-order valence-corrected chi connectivity index (χ2v) is 13.3. The molecule has 0 bridgehead atoms. The van der Waals surface area contributed by atoms with E-state index in [0.29, 0.717) is 17.1 Å². The molecule has 0 heterocycles. The molecule has 1 amide bonds. The predicted molar refractivity (Wildman–Crippen MR) is 170 cm³/mol. The maximum absolute atomic E-state index is 14.7. The molecule has 3 aliphatic rings. The highest BCUT2D eigenvalue weighted by Gasteiger charge is 2.60. The molecule has 0 spiro atoms. The van der Waals surface area contributed by atoms with Crippen LogP contribution >= 0.6 is 0 Å². The molecule has 2 aromatic rings. The lowest BCUT2D eigenvalue weighted by atomic mass is 9.41. The summed E-state index contributed by atoms with van der Waals surface area (Å²) >= 11 is 0. The summed E-state index contributed by atoms with van der Waals surface area (Å²) in [5.41, 5.74) is 18.9. The number of aryl methyl sites for hydroxylation is 1. The molecule has 216 valence electrons. The van der Waals surface area contributed by atoms with Crippen LogP contribution < -0.4 is 10.6 Å². The number of benzene rings is 2. The summed E-state index contributed by atoms with van der Waals surface area (Å²) in [5.74, 6) is -0.0552. The van der Waals surface area contributed by atoms with Crippen LogP contribution in [0.15, 0.2) is 65.3 Å². The number of amides is 1. The Hall–Kier alpha value is -3.40. The normalized spacial score (nSPS) is 27.5. The summed E-state index contributed by atoms with van der Waals surface area (Å²) in [6, 6.07) is 7.73. The highest BCUT2D eigenvalue weighted by Crippen LogP contribution is 2.69. The van der Waals surface area contributed by atoms with E-state index in [4.69, 9.17) is 12.3 Å². The molecule has 4 heteroatoms. The summed E-state index contributed by atoms with van der Waals surface area (Å²) in [4.78, 5) is 15.0. The van der Waals surface area contributed by atoms with Crippen molar-refractivity contribution < 1.29 is 9.18 Å². The van der Waals surface area contributed by atoms with Crippen molar-refractivity contribution in [1.29, 1.82) is 0 Å². The molecule has 0 saturated heterocycles. The van der Waals surface area contributed by atoms with Gasteiger partial charge >= 0.3 is 0 Å². The van der Waals surface area contributed by atoms with Crippen molar-refractivity contribution in [1.82, 2.24) is 0 Å². The Bertz CT molecular complexity index is 1600. The first-order valence-electron chi connectivity index (χ1n) is 14.8. The minimum Gasteiger partial charge on any atom is -0.377 e. The van der Waals surface area contributed by atoms with Crippen molar-refractivity contribution in [3.05, 3.63) is 93.4 Å². The summed E-state index contributed by atoms with van der Waals surface area (Å²) < 4.78 is 14.7. The van der Waals surface area contributed by atoms with Gasteiger partial charge in [-0.15, -0.1) is 0 Å². The molecule has 0 radical (unpaired) electrons. The number of hydrogen-bond acceptors (Lipinski definition) is 2. The maximum Gasteiger partial charge on any atom is 0.248 e. The Morgan fingerprint density at radius 1 is 1.12 bits per heavy atom. The van der Waals surface area contributed by atoms with E-state index < -0.39 is 5.41 Å². The molecule has 0 fully saturated rings. The van der Waals surface area contributed by atoms with Crippen LogP contribution in [0.1, 0.15) is 69.7 Å². The van der Waals surface area contributed by atoms with Gasteiger partial charge in [-0.05, 0) is 126 Å². The number of allylic oxidation sites excluding steroid dienone is 4. The Labute approximate surface area is 245 Å². The van der Waals surface area contributed by atoms with E-state index in [2.05, 4.69) is 73.2 Å². The molecular formula is C37H45FN2O. The number of nitrogens with zero attached hydrogens (tertiary/aromatic N) is 1. The topological polar surface area (TPSA) is 46.3 Å². The van der Waals surface area contributed by atoms with Gasteiger partial charge in [0.15, 0.2) is 0 Å². The molecule has 4 atom stereocenters. The van der Waals surface area contributed by atoms with E-state index in [1.54, 1.807) is 13.0 Å². The van der Waals surface area contributed by atoms with Gasteiger partial charge < -0.3 is 10.6 Å². The molecule has 3 aliphatic carbocycles. The van der Waals surface area contributed by atoms with Gasteiger partial charge in [-0.3, -0.25) is 4.79 Å². The third-order valence-electron chi connectivity index (χ3n) is 11.3. The molecule has 41 heavy (non-hydrogen) atoms.